The summed E-state index contributed by atoms with van der Waals surface area (Å²) in [5, 5.41) is 23.1. The van der Waals surface area contributed by atoms with Crippen LogP contribution < -0.4 is 9.47 Å². The van der Waals surface area contributed by atoms with Crippen LogP contribution in [0.1, 0.15) is 22.3 Å². The number of aromatic amines is 1. The van der Waals surface area contributed by atoms with Gasteiger partial charge in [-0.1, -0.05) is 66.7 Å². The lowest BCUT2D eigenvalue weighted by atomic mass is 9.88. The molecule has 0 radical (unpaired) electrons. The highest BCUT2D eigenvalue weighted by atomic mass is 16.5. The quantitative estimate of drug-likeness (QED) is 0.219. The van der Waals surface area contributed by atoms with Crippen molar-refractivity contribution in [2.75, 3.05) is 14.2 Å². The molecule has 0 saturated heterocycles. The van der Waals surface area contributed by atoms with Gasteiger partial charge in [-0.05, 0) is 76.2 Å². The number of hydrogen-bond acceptors (Lipinski definition) is 5. The molecule has 1 heterocycles. The average molecular weight is 528 g/mol. The monoisotopic (exact) mass is 527 g/mol. The molecule has 0 spiro atoms. The number of hydrogen-bond donors (Lipinski definition) is 2. The Morgan fingerprint density at radius 1 is 0.600 bits per heavy atom. The first-order valence-electron chi connectivity index (χ1n) is 13.1. The molecule has 6 rings (SSSR count). The molecular formula is C34H29N3O3. The second-order valence-electron chi connectivity index (χ2n) is 9.74. The van der Waals surface area contributed by atoms with E-state index in [0.717, 1.165) is 67.0 Å². The zero-order valence-electron chi connectivity index (χ0n) is 22.4. The summed E-state index contributed by atoms with van der Waals surface area (Å²) in [7, 11) is 3.33. The Labute approximate surface area is 232 Å². The van der Waals surface area contributed by atoms with Gasteiger partial charge in [-0.25, -0.2) is 0 Å². The van der Waals surface area contributed by atoms with E-state index in [0.29, 0.717) is 12.8 Å². The van der Waals surface area contributed by atoms with E-state index < -0.39 is 0 Å². The fourth-order valence-corrected chi connectivity index (χ4v) is 5.18. The maximum Gasteiger partial charge on any atom is 0.126 e. The van der Waals surface area contributed by atoms with Crippen molar-refractivity contribution in [2.24, 2.45) is 0 Å². The SMILES string of the molecule is COc1ccc(Cc2cc(Cc3ccc(OC)cc3)c(O)c(-c3ccccc3-c3cccc4n[nH]nc34)c2)cc1. The van der Waals surface area contributed by atoms with Gasteiger partial charge in [0.2, 0.25) is 0 Å². The van der Waals surface area contributed by atoms with Gasteiger partial charge in [0.25, 0.3) is 0 Å². The molecule has 6 nitrogen and oxygen atoms in total. The Morgan fingerprint density at radius 2 is 1.20 bits per heavy atom. The number of phenols is 1. The number of nitrogens with zero attached hydrogens (tertiary/aromatic N) is 2. The van der Waals surface area contributed by atoms with Crippen molar-refractivity contribution in [2.45, 2.75) is 12.8 Å². The third kappa shape index (κ3) is 4.99. The Morgan fingerprint density at radius 3 is 1.85 bits per heavy atom. The number of ether oxygens (including phenoxy) is 2. The Balaban J connectivity index is 1.48. The molecule has 1 aromatic heterocycles. The van der Waals surface area contributed by atoms with Crippen LogP contribution in [0, 0.1) is 0 Å². The van der Waals surface area contributed by atoms with Gasteiger partial charge in [-0.3, -0.25) is 0 Å². The summed E-state index contributed by atoms with van der Waals surface area (Å²) >= 11 is 0. The zero-order valence-corrected chi connectivity index (χ0v) is 22.4. The van der Waals surface area contributed by atoms with E-state index in [2.05, 4.69) is 51.8 Å². The molecule has 5 aromatic carbocycles. The van der Waals surface area contributed by atoms with E-state index >= 15 is 0 Å². The predicted octanol–water partition coefficient (Wildman–Crippen LogP) is 7.20. The van der Waals surface area contributed by atoms with Gasteiger partial charge >= 0.3 is 0 Å². The first kappa shape index (κ1) is 25.2. The number of aromatic hydroxyl groups is 1. The number of methoxy groups -OCH3 is 2. The minimum absolute atomic E-state index is 0.272. The molecule has 0 aliphatic heterocycles. The molecule has 0 fully saturated rings. The van der Waals surface area contributed by atoms with Crippen molar-refractivity contribution in [3.05, 3.63) is 125 Å². The van der Waals surface area contributed by atoms with Crippen molar-refractivity contribution in [3.63, 3.8) is 0 Å². The maximum atomic E-state index is 11.7. The zero-order chi connectivity index (χ0) is 27.5. The number of fused-ring (bicyclic) bond motifs is 1. The summed E-state index contributed by atoms with van der Waals surface area (Å²) in [6.07, 6.45) is 1.30. The normalized spacial score (nSPS) is 11.1. The molecule has 0 unspecified atom stereocenters. The van der Waals surface area contributed by atoms with Crippen LogP contribution in [0.5, 0.6) is 17.2 Å². The number of para-hydroxylation sites is 1. The van der Waals surface area contributed by atoms with Crippen LogP contribution in [0.15, 0.2) is 103 Å². The molecule has 198 valence electrons. The lowest BCUT2D eigenvalue weighted by Gasteiger charge is -2.17. The first-order valence-corrected chi connectivity index (χ1v) is 13.1. The van der Waals surface area contributed by atoms with Gasteiger partial charge in [0.15, 0.2) is 0 Å². The van der Waals surface area contributed by atoms with Gasteiger partial charge in [0.1, 0.15) is 28.3 Å². The summed E-state index contributed by atoms with van der Waals surface area (Å²) in [6, 6.07) is 34.4. The lowest BCUT2D eigenvalue weighted by molar-refractivity contribution is 0.414. The van der Waals surface area contributed by atoms with Crippen LogP contribution in [-0.4, -0.2) is 34.7 Å². The van der Waals surface area contributed by atoms with E-state index in [4.69, 9.17) is 9.47 Å². The van der Waals surface area contributed by atoms with Crippen LogP contribution in [-0.2, 0) is 12.8 Å². The smallest absolute Gasteiger partial charge is 0.126 e. The van der Waals surface area contributed by atoms with Crippen molar-refractivity contribution < 1.29 is 14.6 Å². The molecule has 0 bridgehead atoms. The highest BCUT2D eigenvalue weighted by molar-refractivity contribution is 5.97. The maximum absolute atomic E-state index is 11.7. The summed E-state index contributed by atoms with van der Waals surface area (Å²) in [6.45, 7) is 0. The van der Waals surface area contributed by atoms with Crippen LogP contribution in [0.2, 0.25) is 0 Å². The van der Waals surface area contributed by atoms with Gasteiger partial charge in [0, 0.05) is 17.5 Å². The fourth-order valence-electron chi connectivity index (χ4n) is 5.18. The molecule has 40 heavy (non-hydrogen) atoms. The molecule has 2 N–H and O–H groups in total. The minimum atomic E-state index is 0.272. The van der Waals surface area contributed by atoms with E-state index in [9.17, 15) is 5.11 Å². The van der Waals surface area contributed by atoms with E-state index in [1.807, 2.05) is 66.7 Å². The standard InChI is InChI=1S/C34H29N3O3/c1-39-26-14-10-22(11-15-26)18-24-20-25(19-23-12-16-27(40-2)17-13-23)34(38)31(21-24)29-7-4-3-6-28(29)30-8-5-9-32-33(30)36-37-35-32/h3-17,20-21,38H,18-19H2,1-2H3,(H,35,36,37). The number of phenolic OH excluding ortho intramolecular Hbond substituents is 1. The van der Waals surface area contributed by atoms with Crippen molar-refractivity contribution >= 4 is 11.0 Å². The van der Waals surface area contributed by atoms with Crippen molar-refractivity contribution in [1.82, 2.24) is 15.4 Å². The van der Waals surface area contributed by atoms with Crippen LogP contribution in [0.25, 0.3) is 33.3 Å². The minimum Gasteiger partial charge on any atom is -0.507 e. The number of rotatable bonds is 8. The summed E-state index contributed by atoms with van der Waals surface area (Å²) in [5.41, 5.74) is 9.46. The topological polar surface area (TPSA) is 80.3 Å². The Kier molecular flexibility index (Phi) is 6.89. The molecule has 0 atom stereocenters. The third-order valence-electron chi connectivity index (χ3n) is 7.22. The highest BCUT2D eigenvalue weighted by Gasteiger charge is 2.18. The van der Waals surface area contributed by atoms with Gasteiger partial charge in [-0.2, -0.15) is 15.4 Å². The number of aromatic nitrogens is 3. The Bertz CT molecular complexity index is 1770. The second-order valence-corrected chi connectivity index (χ2v) is 9.74. The molecule has 0 aliphatic rings. The molecule has 0 aliphatic carbocycles. The summed E-state index contributed by atoms with van der Waals surface area (Å²) < 4.78 is 10.7. The second kappa shape index (κ2) is 10.9. The van der Waals surface area contributed by atoms with Gasteiger partial charge < -0.3 is 14.6 Å². The number of nitrogens with one attached hydrogen (secondary N) is 1. The largest absolute Gasteiger partial charge is 0.507 e. The third-order valence-corrected chi connectivity index (χ3v) is 7.22. The van der Waals surface area contributed by atoms with E-state index in [1.54, 1.807) is 14.2 Å². The fraction of sp³-hybridized carbons (Fsp3) is 0.118. The average Bonchev–Trinajstić information content (AvgIpc) is 3.49. The number of H-pyrrole nitrogens is 1. The van der Waals surface area contributed by atoms with Crippen molar-refractivity contribution in [1.29, 1.82) is 0 Å². The van der Waals surface area contributed by atoms with Crippen LogP contribution in [0.3, 0.4) is 0 Å². The Hall–Kier alpha value is -5.10. The highest BCUT2D eigenvalue weighted by Crippen LogP contribution is 2.41. The van der Waals surface area contributed by atoms with Crippen molar-refractivity contribution in [3.8, 4) is 39.5 Å². The summed E-state index contributed by atoms with van der Waals surface area (Å²) in [4.78, 5) is 0. The van der Waals surface area contributed by atoms with E-state index in [-0.39, 0.29) is 5.75 Å². The number of benzene rings is 5. The predicted molar refractivity (Wildman–Crippen MR) is 158 cm³/mol. The van der Waals surface area contributed by atoms with Crippen LogP contribution in [0.4, 0.5) is 0 Å². The van der Waals surface area contributed by atoms with Gasteiger partial charge in [-0.15, -0.1) is 0 Å². The first-order chi connectivity index (χ1) is 19.6. The molecule has 6 aromatic rings. The van der Waals surface area contributed by atoms with E-state index in [1.165, 1.54) is 0 Å². The lowest BCUT2D eigenvalue weighted by Crippen LogP contribution is -1.97. The van der Waals surface area contributed by atoms with Crippen LogP contribution >= 0.6 is 0 Å². The molecular weight excluding hydrogens is 498 g/mol. The molecule has 0 saturated carbocycles. The molecule has 6 heteroatoms. The summed E-state index contributed by atoms with van der Waals surface area (Å²) in [5.74, 6) is 1.90. The van der Waals surface area contributed by atoms with Gasteiger partial charge in [0.05, 0.1) is 14.2 Å². The molecule has 0 amide bonds.